The fraction of sp³-hybridized carbons (Fsp3) is 0.185. The van der Waals surface area contributed by atoms with E-state index in [1.54, 1.807) is 11.8 Å². The predicted molar refractivity (Wildman–Crippen MR) is 132 cm³/mol. The highest BCUT2D eigenvalue weighted by molar-refractivity contribution is 5.93. The molecule has 0 bridgehead atoms. The molecule has 1 N–H and O–H groups in total. The minimum absolute atomic E-state index is 0.143. The molecule has 7 heteroatoms. The number of hydrogen-bond donors (Lipinski definition) is 1. The van der Waals surface area contributed by atoms with Crippen molar-refractivity contribution in [2.75, 3.05) is 5.32 Å². The molecule has 0 aliphatic heterocycles. The quantitative estimate of drug-likeness (QED) is 0.430. The van der Waals surface area contributed by atoms with Gasteiger partial charge in [0, 0.05) is 19.2 Å². The van der Waals surface area contributed by atoms with Gasteiger partial charge in [0.15, 0.2) is 5.69 Å². The van der Waals surface area contributed by atoms with Gasteiger partial charge in [0.05, 0.1) is 17.4 Å². The summed E-state index contributed by atoms with van der Waals surface area (Å²) in [6.45, 7) is 5.65. The lowest BCUT2D eigenvalue weighted by Crippen LogP contribution is -2.34. The van der Waals surface area contributed by atoms with E-state index in [2.05, 4.69) is 15.5 Å². The smallest absolute Gasteiger partial charge is 0.277 e. The third-order valence-corrected chi connectivity index (χ3v) is 5.59. The summed E-state index contributed by atoms with van der Waals surface area (Å²) in [5, 5.41) is 11.8. The van der Waals surface area contributed by atoms with E-state index in [0.29, 0.717) is 23.6 Å². The molecule has 34 heavy (non-hydrogen) atoms. The first-order chi connectivity index (χ1) is 16.4. The maximum absolute atomic E-state index is 13.8. The molecule has 4 aromatic rings. The monoisotopic (exact) mass is 453 g/mol. The fourth-order valence-corrected chi connectivity index (χ4v) is 3.81. The number of carbonyl (C=O) groups is 2. The molecule has 1 atom stereocenters. The fourth-order valence-electron chi connectivity index (χ4n) is 3.81. The number of carbonyl (C=O) groups excluding carboxylic acids is 2. The Morgan fingerprint density at radius 2 is 1.62 bits per heavy atom. The summed E-state index contributed by atoms with van der Waals surface area (Å²) in [6, 6.07) is 26.6. The van der Waals surface area contributed by atoms with Gasteiger partial charge >= 0.3 is 0 Å². The summed E-state index contributed by atoms with van der Waals surface area (Å²) in [4.78, 5) is 28.6. The zero-order valence-corrected chi connectivity index (χ0v) is 19.5. The van der Waals surface area contributed by atoms with Gasteiger partial charge in [-0.15, -0.1) is 5.10 Å². The van der Waals surface area contributed by atoms with Gasteiger partial charge in [-0.1, -0.05) is 60.7 Å². The zero-order valence-electron chi connectivity index (χ0n) is 19.5. The van der Waals surface area contributed by atoms with E-state index in [-0.39, 0.29) is 17.9 Å². The van der Waals surface area contributed by atoms with E-state index >= 15 is 0 Å². The second-order valence-electron chi connectivity index (χ2n) is 8.16. The number of aryl methyl sites for hydroxylation is 1. The van der Waals surface area contributed by atoms with Crippen molar-refractivity contribution in [1.82, 2.24) is 19.9 Å². The van der Waals surface area contributed by atoms with Crippen molar-refractivity contribution in [3.8, 4) is 5.69 Å². The molecule has 0 aliphatic carbocycles. The van der Waals surface area contributed by atoms with Gasteiger partial charge in [0.1, 0.15) is 0 Å². The van der Waals surface area contributed by atoms with Gasteiger partial charge in [-0.3, -0.25) is 9.59 Å². The highest BCUT2D eigenvalue weighted by atomic mass is 16.2. The van der Waals surface area contributed by atoms with Crippen LogP contribution in [0.1, 0.15) is 47.2 Å². The summed E-state index contributed by atoms with van der Waals surface area (Å²) in [6.07, 6.45) is 0. The summed E-state index contributed by atoms with van der Waals surface area (Å²) in [7, 11) is 0. The molecule has 2 amide bonds. The Balaban J connectivity index is 1.70. The van der Waals surface area contributed by atoms with Crippen LogP contribution in [-0.4, -0.2) is 31.7 Å². The molecule has 172 valence electrons. The molecule has 3 aromatic carbocycles. The number of nitrogens with zero attached hydrogens (tertiary/aromatic N) is 4. The number of rotatable bonds is 7. The number of amides is 2. The first-order valence-electron chi connectivity index (χ1n) is 11.1. The molecular formula is C27H27N5O2. The maximum atomic E-state index is 13.8. The SMILES string of the molecule is CC(=O)Nc1cccc(C(C)N(Cc2ccccc2)C(=O)c2nn(-c3ccccc3)nc2C)c1. The van der Waals surface area contributed by atoms with Gasteiger partial charge in [-0.05, 0) is 49.2 Å². The van der Waals surface area contributed by atoms with E-state index < -0.39 is 0 Å². The number of hydrogen-bond acceptors (Lipinski definition) is 4. The highest BCUT2D eigenvalue weighted by Gasteiger charge is 2.27. The average Bonchev–Trinajstić information content (AvgIpc) is 3.24. The van der Waals surface area contributed by atoms with Gasteiger partial charge in [-0.2, -0.15) is 9.90 Å². The lowest BCUT2D eigenvalue weighted by Gasteiger charge is -2.29. The summed E-state index contributed by atoms with van der Waals surface area (Å²) < 4.78 is 0. The van der Waals surface area contributed by atoms with Crippen molar-refractivity contribution in [3.05, 3.63) is 107 Å². The molecule has 0 radical (unpaired) electrons. The Morgan fingerprint density at radius 3 is 2.29 bits per heavy atom. The molecular weight excluding hydrogens is 426 g/mol. The van der Waals surface area contributed by atoms with E-state index in [1.165, 1.54) is 11.7 Å². The van der Waals surface area contributed by atoms with Crippen molar-refractivity contribution in [2.24, 2.45) is 0 Å². The van der Waals surface area contributed by atoms with Crippen LogP contribution in [0.3, 0.4) is 0 Å². The number of anilines is 1. The predicted octanol–water partition coefficient (Wildman–Crippen LogP) is 4.94. The van der Waals surface area contributed by atoms with Gasteiger partial charge in [0.2, 0.25) is 5.91 Å². The van der Waals surface area contributed by atoms with Crippen LogP contribution in [0.5, 0.6) is 0 Å². The number of aromatic nitrogens is 3. The largest absolute Gasteiger partial charge is 0.326 e. The van der Waals surface area contributed by atoms with E-state index in [9.17, 15) is 9.59 Å². The third-order valence-electron chi connectivity index (χ3n) is 5.59. The molecule has 0 spiro atoms. The average molecular weight is 454 g/mol. The minimum atomic E-state index is -0.275. The van der Waals surface area contributed by atoms with Crippen molar-refractivity contribution < 1.29 is 9.59 Å². The lowest BCUT2D eigenvalue weighted by atomic mass is 10.0. The number of nitrogens with one attached hydrogen (secondary N) is 1. The van der Waals surface area contributed by atoms with Crippen molar-refractivity contribution in [2.45, 2.75) is 33.4 Å². The molecule has 1 unspecified atom stereocenters. The molecule has 1 aromatic heterocycles. The van der Waals surface area contributed by atoms with Crippen LogP contribution in [0, 0.1) is 6.92 Å². The molecule has 0 aliphatic rings. The molecule has 0 saturated carbocycles. The topological polar surface area (TPSA) is 80.1 Å². The zero-order chi connectivity index (χ0) is 24.1. The van der Waals surface area contributed by atoms with Gasteiger partial charge < -0.3 is 10.2 Å². The first-order valence-corrected chi connectivity index (χ1v) is 11.1. The second-order valence-corrected chi connectivity index (χ2v) is 8.16. The molecule has 1 heterocycles. The van der Waals surface area contributed by atoms with Crippen LogP contribution in [0.2, 0.25) is 0 Å². The minimum Gasteiger partial charge on any atom is -0.326 e. The van der Waals surface area contributed by atoms with Crippen molar-refractivity contribution in [1.29, 1.82) is 0 Å². The van der Waals surface area contributed by atoms with Crippen molar-refractivity contribution in [3.63, 3.8) is 0 Å². The Hall–Kier alpha value is -4.26. The standard InChI is InChI=1S/C27H27N5O2/c1-19-26(30-32(29-19)25-15-8-5-9-16-25)27(34)31(18-22-11-6-4-7-12-22)20(2)23-13-10-14-24(17-23)28-21(3)33/h4-17,20H,18H2,1-3H3,(H,28,33). The van der Waals surface area contributed by atoms with E-state index in [4.69, 9.17) is 0 Å². The Bertz CT molecular complexity index is 1280. The van der Waals surface area contributed by atoms with Crippen LogP contribution in [0.25, 0.3) is 5.69 Å². The van der Waals surface area contributed by atoms with Gasteiger partial charge in [0.25, 0.3) is 5.91 Å². The second kappa shape index (κ2) is 10.1. The highest BCUT2D eigenvalue weighted by Crippen LogP contribution is 2.27. The Morgan fingerprint density at radius 1 is 0.941 bits per heavy atom. The maximum Gasteiger partial charge on any atom is 0.277 e. The van der Waals surface area contributed by atoms with Crippen LogP contribution >= 0.6 is 0 Å². The first kappa shape index (κ1) is 22.9. The van der Waals surface area contributed by atoms with Crippen LogP contribution in [-0.2, 0) is 11.3 Å². The Labute approximate surface area is 199 Å². The van der Waals surface area contributed by atoms with Crippen LogP contribution in [0.4, 0.5) is 5.69 Å². The van der Waals surface area contributed by atoms with E-state index in [0.717, 1.165) is 16.8 Å². The summed E-state index contributed by atoms with van der Waals surface area (Å²) >= 11 is 0. The Kier molecular flexibility index (Phi) is 6.82. The number of benzene rings is 3. The molecule has 0 saturated heterocycles. The molecule has 0 fully saturated rings. The lowest BCUT2D eigenvalue weighted by molar-refractivity contribution is -0.114. The van der Waals surface area contributed by atoms with E-state index in [1.807, 2.05) is 91.9 Å². The molecule has 7 nitrogen and oxygen atoms in total. The molecule has 4 rings (SSSR count). The van der Waals surface area contributed by atoms with Crippen molar-refractivity contribution >= 4 is 17.5 Å². The van der Waals surface area contributed by atoms with Crippen LogP contribution in [0.15, 0.2) is 84.9 Å². The van der Waals surface area contributed by atoms with Crippen LogP contribution < -0.4 is 5.32 Å². The van der Waals surface area contributed by atoms with Gasteiger partial charge in [-0.25, -0.2) is 0 Å². The normalized spacial score (nSPS) is 11.6. The summed E-state index contributed by atoms with van der Waals surface area (Å²) in [5.74, 6) is -0.351. The third kappa shape index (κ3) is 5.20. The number of para-hydroxylation sites is 1. The summed E-state index contributed by atoms with van der Waals surface area (Å²) in [5.41, 5.74) is 4.26.